The molecule has 2 N–H and O–H groups in total. The first-order valence-electron chi connectivity index (χ1n) is 6.79. The second kappa shape index (κ2) is 6.01. The number of amides is 1. The Bertz CT molecular complexity index is 494. The highest BCUT2D eigenvalue weighted by Gasteiger charge is 2.34. The summed E-state index contributed by atoms with van der Waals surface area (Å²) in [6, 6.07) is 1.89. The Kier molecular flexibility index (Phi) is 4.51. The van der Waals surface area contributed by atoms with E-state index in [2.05, 4.69) is 10.3 Å². The maximum atomic E-state index is 12.4. The van der Waals surface area contributed by atoms with Crippen molar-refractivity contribution in [3.05, 3.63) is 29.6 Å². The monoisotopic (exact) mass is 302 g/mol. The third-order valence-corrected chi connectivity index (χ3v) is 3.95. The first-order valence-corrected chi connectivity index (χ1v) is 6.79. The third kappa shape index (κ3) is 3.72. The van der Waals surface area contributed by atoms with Crippen LogP contribution in [0.25, 0.3) is 0 Å². The molecule has 0 saturated heterocycles. The summed E-state index contributed by atoms with van der Waals surface area (Å²) >= 11 is 0. The number of nitrogens with zero attached hydrogens (tertiary/aromatic N) is 1. The fourth-order valence-corrected chi connectivity index (χ4v) is 2.57. The lowest BCUT2D eigenvalue weighted by atomic mass is 9.87. The van der Waals surface area contributed by atoms with Gasteiger partial charge in [0.1, 0.15) is 5.69 Å². The number of aromatic nitrogens is 1. The number of alkyl halides is 3. The number of aliphatic hydroxyl groups is 1. The van der Waals surface area contributed by atoms with Crippen LogP contribution in [0.5, 0.6) is 0 Å². The van der Waals surface area contributed by atoms with Gasteiger partial charge < -0.3 is 10.4 Å². The van der Waals surface area contributed by atoms with Gasteiger partial charge in [-0.3, -0.25) is 9.78 Å². The first kappa shape index (κ1) is 15.8. The number of rotatable bonds is 4. The highest BCUT2D eigenvalue weighted by Crippen LogP contribution is 2.36. The molecule has 0 unspecified atom stereocenters. The Morgan fingerprint density at radius 3 is 2.48 bits per heavy atom. The maximum absolute atomic E-state index is 12.4. The van der Waals surface area contributed by atoms with Gasteiger partial charge in [0.2, 0.25) is 0 Å². The van der Waals surface area contributed by atoms with E-state index in [1.165, 1.54) is 0 Å². The highest BCUT2D eigenvalue weighted by molar-refractivity contribution is 5.92. The SMILES string of the molecule is O=C(NCC1(CO)CCCC1)c1ccc(C(F)(F)F)cn1. The number of pyridine rings is 1. The minimum Gasteiger partial charge on any atom is -0.396 e. The molecule has 1 aromatic rings. The van der Waals surface area contributed by atoms with E-state index in [9.17, 15) is 23.1 Å². The van der Waals surface area contributed by atoms with E-state index in [4.69, 9.17) is 0 Å². The number of nitrogens with one attached hydrogen (secondary N) is 1. The molecule has 1 aliphatic carbocycles. The molecule has 4 nitrogen and oxygen atoms in total. The standard InChI is InChI=1S/C14H17F3N2O2/c15-14(16,17)10-3-4-11(18-7-10)12(21)19-8-13(9-20)5-1-2-6-13/h3-4,7,20H,1-2,5-6,8-9H2,(H,19,21). The lowest BCUT2D eigenvalue weighted by Gasteiger charge is -2.26. The Morgan fingerprint density at radius 2 is 2.00 bits per heavy atom. The zero-order valence-electron chi connectivity index (χ0n) is 11.4. The van der Waals surface area contributed by atoms with Gasteiger partial charge in [0.05, 0.1) is 12.2 Å². The summed E-state index contributed by atoms with van der Waals surface area (Å²) in [7, 11) is 0. The molecular weight excluding hydrogens is 285 g/mol. The van der Waals surface area contributed by atoms with Gasteiger partial charge in [0.25, 0.3) is 5.91 Å². The van der Waals surface area contributed by atoms with Gasteiger partial charge >= 0.3 is 6.18 Å². The van der Waals surface area contributed by atoms with Gasteiger partial charge in [-0.1, -0.05) is 12.8 Å². The van der Waals surface area contributed by atoms with Crippen LogP contribution in [-0.4, -0.2) is 29.1 Å². The van der Waals surface area contributed by atoms with E-state index in [0.29, 0.717) is 12.7 Å². The molecule has 0 radical (unpaired) electrons. The summed E-state index contributed by atoms with van der Waals surface area (Å²) in [6.45, 7) is 0.304. The lowest BCUT2D eigenvalue weighted by Crippen LogP contribution is -2.38. The van der Waals surface area contributed by atoms with Gasteiger partial charge in [-0.25, -0.2) is 0 Å². The average molecular weight is 302 g/mol. The lowest BCUT2D eigenvalue weighted by molar-refractivity contribution is -0.137. The van der Waals surface area contributed by atoms with Crippen molar-refractivity contribution in [1.82, 2.24) is 10.3 Å². The number of carbonyl (C=O) groups is 1. The molecule has 1 aromatic heterocycles. The van der Waals surface area contributed by atoms with E-state index in [-0.39, 0.29) is 17.7 Å². The minimum absolute atomic E-state index is 0.00623. The van der Waals surface area contributed by atoms with Crippen LogP contribution in [0.15, 0.2) is 18.3 Å². The van der Waals surface area contributed by atoms with Crippen LogP contribution in [0.2, 0.25) is 0 Å². The molecule has 21 heavy (non-hydrogen) atoms. The second-order valence-corrected chi connectivity index (χ2v) is 5.48. The summed E-state index contributed by atoms with van der Waals surface area (Å²) in [6.07, 6.45) is -0.128. The Hall–Kier alpha value is -1.63. The van der Waals surface area contributed by atoms with Crippen LogP contribution < -0.4 is 5.32 Å². The number of halogens is 3. The summed E-state index contributed by atoms with van der Waals surface area (Å²) in [5, 5.41) is 12.1. The normalized spacial score (nSPS) is 17.7. The van der Waals surface area contributed by atoms with E-state index >= 15 is 0 Å². The Morgan fingerprint density at radius 1 is 1.33 bits per heavy atom. The predicted molar refractivity (Wildman–Crippen MR) is 69.6 cm³/mol. The summed E-state index contributed by atoms with van der Waals surface area (Å²) in [4.78, 5) is 15.4. The molecule has 1 heterocycles. The molecule has 0 atom stereocenters. The van der Waals surface area contributed by atoms with Crippen LogP contribution in [0, 0.1) is 5.41 Å². The number of aliphatic hydroxyl groups excluding tert-OH is 1. The van der Waals surface area contributed by atoms with Crippen molar-refractivity contribution in [2.45, 2.75) is 31.9 Å². The summed E-state index contributed by atoms with van der Waals surface area (Å²) in [5.74, 6) is -0.525. The molecule has 0 aliphatic heterocycles. The van der Waals surface area contributed by atoms with Crippen molar-refractivity contribution in [3.63, 3.8) is 0 Å². The summed E-state index contributed by atoms with van der Waals surface area (Å²) in [5.41, 5.74) is -1.25. The van der Waals surface area contributed by atoms with Crippen molar-refractivity contribution in [3.8, 4) is 0 Å². The average Bonchev–Trinajstić information content (AvgIpc) is 2.93. The van der Waals surface area contributed by atoms with Crippen LogP contribution in [0.1, 0.15) is 41.7 Å². The fraction of sp³-hybridized carbons (Fsp3) is 0.571. The molecule has 1 saturated carbocycles. The largest absolute Gasteiger partial charge is 0.417 e. The molecule has 7 heteroatoms. The van der Waals surface area contributed by atoms with Crippen molar-refractivity contribution in [1.29, 1.82) is 0 Å². The first-order chi connectivity index (χ1) is 9.86. The predicted octanol–water partition coefficient (Wildman–Crippen LogP) is 2.38. The van der Waals surface area contributed by atoms with E-state index < -0.39 is 17.6 Å². The fourth-order valence-electron chi connectivity index (χ4n) is 2.57. The van der Waals surface area contributed by atoms with E-state index in [1.807, 2.05) is 0 Å². The molecular formula is C14H17F3N2O2. The molecule has 2 rings (SSSR count). The number of carbonyl (C=O) groups excluding carboxylic acids is 1. The summed E-state index contributed by atoms with van der Waals surface area (Å²) < 4.78 is 37.2. The topological polar surface area (TPSA) is 62.2 Å². The number of hydrogen-bond donors (Lipinski definition) is 2. The zero-order valence-corrected chi connectivity index (χ0v) is 11.4. The minimum atomic E-state index is -4.47. The number of hydrogen-bond acceptors (Lipinski definition) is 3. The van der Waals surface area contributed by atoms with Gasteiger partial charge in [-0.15, -0.1) is 0 Å². The molecule has 1 amide bonds. The maximum Gasteiger partial charge on any atom is 0.417 e. The highest BCUT2D eigenvalue weighted by atomic mass is 19.4. The van der Waals surface area contributed by atoms with Gasteiger partial charge in [-0.05, 0) is 25.0 Å². The zero-order chi connectivity index (χ0) is 15.5. The van der Waals surface area contributed by atoms with Crippen molar-refractivity contribution in [2.24, 2.45) is 5.41 Å². The Labute approximate surface area is 120 Å². The van der Waals surface area contributed by atoms with Gasteiger partial charge in [0, 0.05) is 18.2 Å². The molecule has 0 aromatic carbocycles. The smallest absolute Gasteiger partial charge is 0.396 e. The van der Waals surface area contributed by atoms with Gasteiger partial charge in [-0.2, -0.15) is 13.2 Å². The third-order valence-electron chi connectivity index (χ3n) is 3.95. The van der Waals surface area contributed by atoms with Crippen LogP contribution in [-0.2, 0) is 6.18 Å². The second-order valence-electron chi connectivity index (χ2n) is 5.48. The molecule has 1 aliphatic rings. The van der Waals surface area contributed by atoms with Crippen molar-refractivity contribution >= 4 is 5.91 Å². The Balaban J connectivity index is 1.97. The van der Waals surface area contributed by atoms with Crippen molar-refractivity contribution in [2.75, 3.05) is 13.2 Å². The van der Waals surface area contributed by atoms with Crippen LogP contribution in [0.3, 0.4) is 0 Å². The molecule has 1 fully saturated rings. The molecule has 0 spiro atoms. The van der Waals surface area contributed by atoms with Crippen molar-refractivity contribution < 1.29 is 23.1 Å². The molecule has 116 valence electrons. The molecule has 0 bridgehead atoms. The van der Waals surface area contributed by atoms with Gasteiger partial charge in [0.15, 0.2) is 0 Å². The van der Waals surface area contributed by atoms with E-state index in [1.54, 1.807) is 0 Å². The quantitative estimate of drug-likeness (QED) is 0.897. The van der Waals surface area contributed by atoms with Crippen LogP contribution in [0.4, 0.5) is 13.2 Å². The van der Waals surface area contributed by atoms with E-state index in [0.717, 1.165) is 37.8 Å². The van der Waals surface area contributed by atoms with Crippen LogP contribution >= 0.6 is 0 Å².